The van der Waals surface area contributed by atoms with E-state index >= 15 is 0 Å². The summed E-state index contributed by atoms with van der Waals surface area (Å²) in [7, 11) is 4.31. The van der Waals surface area contributed by atoms with E-state index in [1.807, 2.05) is 6.07 Å². The Labute approximate surface area is 126 Å². The van der Waals surface area contributed by atoms with Crippen LogP contribution in [0.3, 0.4) is 0 Å². The Hall–Kier alpha value is -0.240. The summed E-state index contributed by atoms with van der Waals surface area (Å²) in [5.74, 6) is 0.681. The molecule has 0 aliphatic heterocycles. The van der Waals surface area contributed by atoms with E-state index in [0.29, 0.717) is 16.0 Å². The summed E-state index contributed by atoms with van der Waals surface area (Å²) in [6, 6.07) is 6.19. The summed E-state index contributed by atoms with van der Waals surface area (Å²) < 4.78 is 0. The van der Waals surface area contributed by atoms with E-state index in [4.69, 9.17) is 23.2 Å². The molecule has 106 valence electrons. The Balaban J connectivity index is 2.43. The molecule has 1 aliphatic carbocycles. The molecule has 0 aromatic heterocycles. The molecule has 3 heteroatoms. The fourth-order valence-corrected chi connectivity index (χ4v) is 3.84. The molecule has 0 heterocycles. The van der Waals surface area contributed by atoms with Gasteiger partial charge in [0.15, 0.2) is 0 Å². The lowest BCUT2D eigenvalue weighted by Gasteiger charge is -2.45. The number of hydrogen-bond acceptors (Lipinski definition) is 1. The van der Waals surface area contributed by atoms with Crippen molar-refractivity contribution in [3.63, 3.8) is 0 Å². The highest BCUT2D eigenvalue weighted by Crippen LogP contribution is 2.45. The van der Waals surface area contributed by atoms with Crippen LogP contribution < -0.4 is 0 Å². The molecular weight excluding hydrogens is 277 g/mol. The molecule has 0 bridgehead atoms. The third-order valence-electron chi connectivity index (χ3n) is 4.55. The van der Waals surface area contributed by atoms with Gasteiger partial charge >= 0.3 is 0 Å². The van der Waals surface area contributed by atoms with Gasteiger partial charge in [0.1, 0.15) is 0 Å². The van der Waals surface area contributed by atoms with Gasteiger partial charge in [0.2, 0.25) is 0 Å². The topological polar surface area (TPSA) is 3.24 Å². The van der Waals surface area contributed by atoms with Crippen LogP contribution in [0.4, 0.5) is 0 Å². The minimum Gasteiger partial charge on any atom is -0.309 e. The molecule has 0 radical (unpaired) electrons. The molecule has 1 aromatic rings. The number of nitrogens with zero attached hydrogens (tertiary/aromatic N) is 1. The van der Waals surface area contributed by atoms with Gasteiger partial charge in [0, 0.05) is 12.0 Å². The number of benzene rings is 1. The van der Waals surface area contributed by atoms with E-state index in [1.165, 1.54) is 31.2 Å². The average molecular weight is 300 g/mol. The minimum absolute atomic E-state index is 0.218. The molecule has 0 saturated heterocycles. The van der Waals surface area contributed by atoms with Crippen LogP contribution in [0.2, 0.25) is 10.0 Å². The molecule has 2 atom stereocenters. The predicted octanol–water partition coefficient (Wildman–Crippen LogP) is 5.00. The molecular formula is C16H23Cl2N. The maximum Gasteiger partial charge on any atom is 0.0595 e. The van der Waals surface area contributed by atoms with Crippen LogP contribution in [-0.2, 0) is 5.41 Å². The van der Waals surface area contributed by atoms with Gasteiger partial charge in [-0.05, 0) is 50.6 Å². The predicted molar refractivity (Wildman–Crippen MR) is 84.3 cm³/mol. The zero-order valence-electron chi connectivity index (χ0n) is 12.0. The number of halogens is 2. The van der Waals surface area contributed by atoms with Crippen LogP contribution in [0.15, 0.2) is 18.2 Å². The number of rotatable bonds is 3. The van der Waals surface area contributed by atoms with Crippen molar-refractivity contribution >= 4 is 23.2 Å². The summed E-state index contributed by atoms with van der Waals surface area (Å²) in [6.45, 7) is 3.46. The molecule has 1 aromatic carbocycles. The molecule has 0 amide bonds. The monoisotopic (exact) mass is 299 g/mol. The second kappa shape index (κ2) is 6.03. The Morgan fingerprint density at radius 3 is 2.53 bits per heavy atom. The summed E-state index contributed by atoms with van der Waals surface area (Å²) >= 11 is 12.3. The lowest BCUT2D eigenvalue weighted by molar-refractivity contribution is 0.151. The third kappa shape index (κ3) is 3.09. The van der Waals surface area contributed by atoms with Gasteiger partial charge in [-0.1, -0.05) is 49.0 Å². The number of hydrogen-bond donors (Lipinski definition) is 0. The first-order valence-corrected chi connectivity index (χ1v) is 7.81. The lowest BCUT2D eigenvalue weighted by Crippen LogP contribution is -2.44. The van der Waals surface area contributed by atoms with Gasteiger partial charge in [-0.15, -0.1) is 0 Å². The maximum atomic E-state index is 6.23. The Bertz CT molecular complexity index is 444. The normalized spacial score (nSPS) is 27.8. The molecule has 0 spiro atoms. The quantitative estimate of drug-likeness (QED) is 0.759. The average Bonchev–Trinajstić information content (AvgIpc) is 2.35. The van der Waals surface area contributed by atoms with E-state index in [0.717, 1.165) is 6.54 Å². The zero-order chi connectivity index (χ0) is 14.0. The SMILES string of the molecule is C[C@H]1CCCC[C@]1(CN(C)C)c1ccc(Cl)c(Cl)c1. The molecule has 19 heavy (non-hydrogen) atoms. The van der Waals surface area contributed by atoms with Gasteiger partial charge < -0.3 is 4.90 Å². The van der Waals surface area contributed by atoms with Crippen molar-refractivity contribution in [2.45, 2.75) is 38.0 Å². The van der Waals surface area contributed by atoms with Crippen LogP contribution in [0.1, 0.15) is 38.2 Å². The molecule has 0 N–H and O–H groups in total. The largest absolute Gasteiger partial charge is 0.309 e. The molecule has 0 unspecified atom stereocenters. The van der Waals surface area contributed by atoms with E-state index in [9.17, 15) is 0 Å². The summed E-state index contributed by atoms with van der Waals surface area (Å²) in [5, 5.41) is 1.32. The van der Waals surface area contributed by atoms with E-state index in [-0.39, 0.29) is 5.41 Å². The van der Waals surface area contributed by atoms with Crippen molar-refractivity contribution in [1.82, 2.24) is 4.90 Å². The second-order valence-corrected chi connectivity index (χ2v) is 6.98. The van der Waals surface area contributed by atoms with E-state index < -0.39 is 0 Å². The summed E-state index contributed by atoms with van der Waals surface area (Å²) in [4.78, 5) is 2.30. The molecule has 1 nitrogen and oxygen atoms in total. The van der Waals surface area contributed by atoms with E-state index in [2.05, 4.69) is 38.1 Å². The van der Waals surface area contributed by atoms with Gasteiger partial charge in [-0.25, -0.2) is 0 Å². The zero-order valence-corrected chi connectivity index (χ0v) is 13.6. The van der Waals surface area contributed by atoms with Crippen molar-refractivity contribution in [1.29, 1.82) is 0 Å². The Morgan fingerprint density at radius 1 is 1.21 bits per heavy atom. The van der Waals surface area contributed by atoms with Crippen LogP contribution in [0, 0.1) is 5.92 Å². The van der Waals surface area contributed by atoms with Crippen molar-refractivity contribution in [3.8, 4) is 0 Å². The first kappa shape index (κ1) is 15.2. The standard InChI is InChI=1S/C16H23Cl2N/c1-12-6-4-5-9-16(12,11-19(2)3)13-7-8-14(17)15(18)10-13/h7-8,10,12H,4-6,9,11H2,1-3H3/t12-,16+/m0/s1. The minimum atomic E-state index is 0.218. The first-order valence-electron chi connectivity index (χ1n) is 7.06. The van der Waals surface area contributed by atoms with E-state index in [1.54, 1.807) is 0 Å². The highest BCUT2D eigenvalue weighted by Gasteiger charge is 2.40. The van der Waals surface area contributed by atoms with Crippen LogP contribution in [-0.4, -0.2) is 25.5 Å². The highest BCUT2D eigenvalue weighted by molar-refractivity contribution is 6.42. The van der Waals surface area contributed by atoms with Gasteiger partial charge in [-0.2, -0.15) is 0 Å². The summed E-state index contributed by atoms with van der Waals surface area (Å²) in [5.41, 5.74) is 1.57. The lowest BCUT2D eigenvalue weighted by atomic mass is 9.63. The van der Waals surface area contributed by atoms with Gasteiger partial charge in [0.25, 0.3) is 0 Å². The smallest absolute Gasteiger partial charge is 0.0595 e. The molecule has 1 aliphatic rings. The Morgan fingerprint density at radius 2 is 1.95 bits per heavy atom. The number of likely N-dealkylation sites (N-methyl/N-ethyl adjacent to an activating group) is 1. The van der Waals surface area contributed by atoms with Gasteiger partial charge in [-0.3, -0.25) is 0 Å². The van der Waals surface area contributed by atoms with Crippen LogP contribution in [0.5, 0.6) is 0 Å². The van der Waals surface area contributed by atoms with Crippen LogP contribution >= 0.6 is 23.2 Å². The molecule has 1 saturated carbocycles. The van der Waals surface area contributed by atoms with Crippen molar-refractivity contribution in [3.05, 3.63) is 33.8 Å². The summed E-state index contributed by atoms with van der Waals surface area (Å²) in [6.07, 6.45) is 5.19. The van der Waals surface area contributed by atoms with Crippen molar-refractivity contribution < 1.29 is 0 Å². The van der Waals surface area contributed by atoms with Crippen molar-refractivity contribution in [2.24, 2.45) is 5.92 Å². The Kier molecular flexibility index (Phi) is 4.81. The highest BCUT2D eigenvalue weighted by atomic mass is 35.5. The first-order chi connectivity index (χ1) is 8.95. The van der Waals surface area contributed by atoms with Crippen LogP contribution in [0.25, 0.3) is 0 Å². The molecule has 2 rings (SSSR count). The second-order valence-electron chi connectivity index (χ2n) is 6.17. The third-order valence-corrected chi connectivity index (χ3v) is 5.29. The fourth-order valence-electron chi connectivity index (χ4n) is 3.54. The fraction of sp³-hybridized carbons (Fsp3) is 0.625. The van der Waals surface area contributed by atoms with Crippen molar-refractivity contribution in [2.75, 3.05) is 20.6 Å². The maximum absolute atomic E-state index is 6.23. The van der Waals surface area contributed by atoms with Gasteiger partial charge in [0.05, 0.1) is 10.0 Å². The molecule has 1 fully saturated rings.